The fourth-order valence-corrected chi connectivity index (χ4v) is 2.36. The number of hydrogen-bond acceptors (Lipinski definition) is 2. The maximum Gasteiger partial charge on any atom is 0.0403 e. The molecule has 106 valence electrons. The van der Waals surface area contributed by atoms with Crippen LogP contribution in [0.1, 0.15) is 37.4 Å². The molecule has 0 amide bonds. The van der Waals surface area contributed by atoms with Crippen LogP contribution in [0.4, 0.5) is 0 Å². The third-order valence-electron chi connectivity index (χ3n) is 3.52. The first-order chi connectivity index (χ1) is 9.75. The van der Waals surface area contributed by atoms with Crippen molar-refractivity contribution >= 4 is 0 Å². The Morgan fingerprint density at radius 3 is 2.40 bits per heavy atom. The van der Waals surface area contributed by atoms with Crippen molar-refractivity contribution in [2.75, 3.05) is 6.54 Å². The van der Waals surface area contributed by atoms with Gasteiger partial charge in [0.1, 0.15) is 0 Å². The van der Waals surface area contributed by atoms with Crippen LogP contribution >= 0.6 is 0 Å². The van der Waals surface area contributed by atoms with Gasteiger partial charge in [0.25, 0.3) is 0 Å². The van der Waals surface area contributed by atoms with Gasteiger partial charge in [0.05, 0.1) is 0 Å². The predicted molar refractivity (Wildman–Crippen MR) is 84.9 cm³/mol. The molecule has 0 aliphatic rings. The van der Waals surface area contributed by atoms with Crippen molar-refractivity contribution in [1.82, 2.24) is 10.3 Å². The van der Waals surface area contributed by atoms with E-state index in [-0.39, 0.29) is 0 Å². The van der Waals surface area contributed by atoms with E-state index in [9.17, 15) is 0 Å². The summed E-state index contributed by atoms with van der Waals surface area (Å²) in [6.07, 6.45) is 4.03. The molecule has 1 atom stereocenters. The average molecular weight is 268 g/mol. The number of aryl methyl sites for hydroxylation is 1. The highest BCUT2D eigenvalue weighted by Gasteiger charge is 2.12. The number of hydrogen-bond donors (Lipinski definition) is 1. The van der Waals surface area contributed by atoms with Gasteiger partial charge >= 0.3 is 0 Å². The Hall–Kier alpha value is -1.67. The standard InChI is InChI=1S/C18H24N2/c1-15(2)20-14-17(16-8-4-3-5-9-16)11-12-18-10-6-7-13-19-18/h3-10,13,15,17,20H,11-12,14H2,1-2H3. The van der Waals surface area contributed by atoms with E-state index in [0.29, 0.717) is 12.0 Å². The van der Waals surface area contributed by atoms with Crippen LogP contribution in [0, 0.1) is 0 Å². The van der Waals surface area contributed by atoms with Crippen molar-refractivity contribution in [3.8, 4) is 0 Å². The molecule has 1 heterocycles. The Bertz CT molecular complexity index is 479. The second kappa shape index (κ2) is 7.81. The van der Waals surface area contributed by atoms with E-state index in [4.69, 9.17) is 0 Å². The minimum atomic E-state index is 0.524. The molecule has 1 aromatic carbocycles. The van der Waals surface area contributed by atoms with Crippen LogP contribution in [-0.2, 0) is 6.42 Å². The monoisotopic (exact) mass is 268 g/mol. The van der Waals surface area contributed by atoms with Crippen LogP contribution in [0.2, 0.25) is 0 Å². The number of nitrogens with one attached hydrogen (secondary N) is 1. The number of nitrogens with zero attached hydrogens (tertiary/aromatic N) is 1. The summed E-state index contributed by atoms with van der Waals surface area (Å²) < 4.78 is 0. The third-order valence-corrected chi connectivity index (χ3v) is 3.52. The fourth-order valence-electron chi connectivity index (χ4n) is 2.36. The number of pyridine rings is 1. The van der Waals surface area contributed by atoms with Gasteiger partial charge in [-0.1, -0.05) is 50.2 Å². The van der Waals surface area contributed by atoms with E-state index in [1.165, 1.54) is 11.3 Å². The fraction of sp³-hybridized carbons (Fsp3) is 0.389. The highest BCUT2D eigenvalue weighted by atomic mass is 14.9. The van der Waals surface area contributed by atoms with Gasteiger partial charge in [0.15, 0.2) is 0 Å². The Labute approximate surface area is 122 Å². The molecule has 0 saturated heterocycles. The molecule has 0 bridgehead atoms. The zero-order valence-electron chi connectivity index (χ0n) is 12.4. The van der Waals surface area contributed by atoms with Gasteiger partial charge in [0.2, 0.25) is 0 Å². The summed E-state index contributed by atoms with van der Waals surface area (Å²) in [6, 6.07) is 17.4. The molecule has 1 unspecified atom stereocenters. The van der Waals surface area contributed by atoms with E-state index in [2.05, 4.69) is 66.6 Å². The van der Waals surface area contributed by atoms with E-state index in [1.54, 1.807) is 0 Å². The van der Waals surface area contributed by atoms with Gasteiger partial charge in [-0.2, -0.15) is 0 Å². The molecule has 2 rings (SSSR count). The molecule has 2 heteroatoms. The smallest absolute Gasteiger partial charge is 0.0403 e. The molecule has 1 aromatic heterocycles. The molecule has 0 radical (unpaired) electrons. The van der Waals surface area contributed by atoms with Gasteiger partial charge in [-0.25, -0.2) is 0 Å². The number of aromatic nitrogens is 1. The largest absolute Gasteiger partial charge is 0.314 e. The van der Waals surface area contributed by atoms with Crippen molar-refractivity contribution in [1.29, 1.82) is 0 Å². The van der Waals surface area contributed by atoms with Crippen LogP contribution in [0.25, 0.3) is 0 Å². The number of rotatable bonds is 7. The lowest BCUT2D eigenvalue weighted by Crippen LogP contribution is -2.28. The van der Waals surface area contributed by atoms with Gasteiger partial charge in [-0.05, 0) is 36.5 Å². The summed E-state index contributed by atoms with van der Waals surface area (Å²) in [4.78, 5) is 4.42. The molecule has 1 N–H and O–H groups in total. The van der Waals surface area contributed by atoms with E-state index in [0.717, 1.165) is 19.4 Å². The maximum absolute atomic E-state index is 4.42. The molecule has 0 aliphatic carbocycles. The molecular weight excluding hydrogens is 244 g/mol. The van der Waals surface area contributed by atoms with Gasteiger partial charge in [-0.3, -0.25) is 4.98 Å². The Kier molecular flexibility index (Phi) is 5.75. The lowest BCUT2D eigenvalue weighted by atomic mass is 9.93. The summed E-state index contributed by atoms with van der Waals surface area (Å²) in [5.74, 6) is 0.542. The van der Waals surface area contributed by atoms with Crippen molar-refractivity contribution in [3.63, 3.8) is 0 Å². The van der Waals surface area contributed by atoms with Crippen molar-refractivity contribution in [2.45, 2.75) is 38.6 Å². The Morgan fingerprint density at radius 2 is 1.75 bits per heavy atom. The molecule has 2 nitrogen and oxygen atoms in total. The van der Waals surface area contributed by atoms with Gasteiger partial charge < -0.3 is 5.32 Å². The van der Waals surface area contributed by atoms with E-state index < -0.39 is 0 Å². The van der Waals surface area contributed by atoms with Crippen LogP contribution in [0.5, 0.6) is 0 Å². The minimum Gasteiger partial charge on any atom is -0.314 e. The van der Waals surface area contributed by atoms with Crippen molar-refractivity contribution < 1.29 is 0 Å². The lowest BCUT2D eigenvalue weighted by Gasteiger charge is -2.19. The second-order valence-corrected chi connectivity index (χ2v) is 5.53. The van der Waals surface area contributed by atoms with Crippen molar-refractivity contribution in [3.05, 3.63) is 66.0 Å². The molecule has 0 saturated carbocycles. The maximum atomic E-state index is 4.42. The summed E-state index contributed by atoms with van der Waals surface area (Å²) in [5, 5.41) is 3.56. The second-order valence-electron chi connectivity index (χ2n) is 5.53. The van der Waals surface area contributed by atoms with Crippen molar-refractivity contribution in [2.24, 2.45) is 0 Å². The van der Waals surface area contributed by atoms with Crippen LogP contribution in [0.3, 0.4) is 0 Å². The quantitative estimate of drug-likeness (QED) is 0.826. The first-order valence-corrected chi connectivity index (χ1v) is 7.44. The van der Waals surface area contributed by atoms with Crippen LogP contribution in [-0.4, -0.2) is 17.6 Å². The normalized spacial score (nSPS) is 12.6. The zero-order valence-corrected chi connectivity index (χ0v) is 12.4. The van der Waals surface area contributed by atoms with E-state index >= 15 is 0 Å². The molecular formula is C18H24N2. The highest BCUT2D eigenvalue weighted by molar-refractivity contribution is 5.20. The van der Waals surface area contributed by atoms with Crippen LogP contribution in [0.15, 0.2) is 54.7 Å². The summed E-state index contributed by atoms with van der Waals surface area (Å²) in [6.45, 7) is 5.41. The number of benzene rings is 1. The first-order valence-electron chi connectivity index (χ1n) is 7.44. The third kappa shape index (κ3) is 4.78. The molecule has 0 aliphatic heterocycles. The zero-order chi connectivity index (χ0) is 14.2. The lowest BCUT2D eigenvalue weighted by molar-refractivity contribution is 0.507. The summed E-state index contributed by atoms with van der Waals surface area (Å²) in [7, 11) is 0. The predicted octanol–water partition coefficient (Wildman–Crippen LogP) is 3.80. The SMILES string of the molecule is CC(C)NCC(CCc1ccccn1)c1ccccc1. The molecule has 0 spiro atoms. The summed E-state index contributed by atoms with van der Waals surface area (Å²) in [5.41, 5.74) is 2.59. The molecule has 0 fully saturated rings. The summed E-state index contributed by atoms with van der Waals surface area (Å²) >= 11 is 0. The Balaban J connectivity index is 1.99. The van der Waals surface area contributed by atoms with Gasteiger partial charge in [0, 0.05) is 24.5 Å². The molecule has 20 heavy (non-hydrogen) atoms. The molecule has 2 aromatic rings. The average Bonchev–Trinajstić information content (AvgIpc) is 2.49. The Morgan fingerprint density at radius 1 is 1.00 bits per heavy atom. The van der Waals surface area contributed by atoms with E-state index in [1.807, 2.05) is 12.3 Å². The minimum absolute atomic E-state index is 0.524. The highest BCUT2D eigenvalue weighted by Crippen LogP contribution is 2.20. The van der Waals surface area contributed by atoms with Gasteiger partial charge in [-0.15, -0.1) is 0 Å². The topological polar surface area (TPSA) is 24.9 Å². The first kappa shape index (κ1) is 14.7. The van der Waals surface area contributed by atoms with Crippen LogP contribution < -0.4 is 5.32 Å².